The average Bonchev–Trinajstić information content (AvgIpc) is 2.08. The Morgan fingerprint density at radius 1 is 1.47 bits per heavy atom. The maximum absolute atomic E-state index is 5.82. The highest BCUT2D eigenvalue weighted by molar-refractivity contribution is 4.96. The minimum absolute atomic E-state index is 0.318. The summed E-state index contributed by atoms with van der Waals surface area (Å²) >= 11 is 0. The third kappa shape index (κ3) is 8.10. The Morgan fingerprint density at radius 3 is 2.47 bits per heavy atom. The maximum atomic E-state index is 5.82. The highest BCUT2D eigenvalue weighted by atomic mass is 14.8. The standard InChI is InChI=1S/C13H26N2/c1-6-15-9-7-8-12(11(2)14)10-13(3,4)5/h6,12,15H,1-2,7-10,14H2,3-5H3. The van der Waals surface area contributed by atoms with Gasteiger partial charge in [-0.05, 0) is 36.8 Å². The minimum Gasteiger partial charge on any atom is -0.402 e. The zero-order valence-electron chi connectivity index (χ0n) is 10.5. The van der Waals surface area contributed by atoms with Crippen LogP contribution in [-0.2, 0) is 0 Å². The molecular formula is C13H26N2. The second-order valence-electron chi connectivity index (χ2n) is 5.34. The van der Waals surface area contributed by atoms with E-state index in [1.807, 2.05) is 0 Å². The van der Waals surface area contributed by atoms with Crippen LogP contribution in [-0.4, -0.2) is 6.54 Å². The predicted octanol–water partition coefficient (Wildman–Crippen LogP) is 3.02. The van der Waals surface area contributed by atoms with E-state index in [1.165, 1.54) is 0 Å². The van der Waals surface area contributed by atoms with Gasteiger partial charge in [-0.2, -0.15) is 0 Å². The lowest BCUT2D eigenvalue weighted by atomic mass is 9.81. The lowest BCUT2D eigenvalue weighted by Crippen LogP contribution is -2.20. The molecule has 3 N–H and O–H groups in total. The topological polar surface area (TPSA) is 38.0 Å². The predicted molar refractivity (Wildman–Crippen MR) is 68.3 cm³/mol. The van der Waals surface area contributed by atoms with Crippen molar-refractivity contribution in [2.24, 2.45) is 17.1 Å². The highest BCUT2D eigenvalue weighted by Gasteiger charge is 2.19. The summed E-state index contributed by atoms with van der Waals surface area (Å²) in [6.07, 6.45) is 5.06. The number of hydrogen-bond acceptors (Lipinski definition) is 2. The van der Waals surface area contributed by atoms with Crippen LogP contribution in [0, 0.1) is 11.3 Å². The molecule has 0 aliphatic carbocycles. The third-order valence-corrected chi connectivity index (χ3v) is 2.40. The molecule has 15 heavy (non-hydrogen) atoms. The van der Waals surface area contributed by atoms with Crippen molar-refractivity contribution in [2.45, 2.75) is 40.0 Å². The summed E-state index contributed by atoms with van der Waals surface area (Å²) in [7, 11) is 0. The number of hydrogen-bond donors (Lipinski definition) is 2. The average molecular weight is 210 g/mol. The van der Waals surface area contributed by atoms with Crippen molar-refractivity contribution < 1.29 is 0 Å². The molecule has 0 saturated carbocycles. The number of rotatable bonds is 7. The van der Waals surface area contributed by atoms with Crippen LogP contribution in [0.3, 0.4) is 0 Å². The van der Waals surface area contributed by atoms with Crippen LogP contribution >= 0.6 is 0 Å². The summed E-state index contributed by atoms with van der Waals surface area (Å²) in [5.74, 6) is 0.441. The van der Waals surface area contributed by atoms with Crippen LogP contribution in [0.2, 0.25) is 0 Å². The van der Waals surface area contributed by atoms with Gasteiger partial charge in [-0.3, -0.25) is 0 Å². The Balaban J connectivity index is 3.95. The molecule has 2 heteroatoms. The van der Waals surface area contributed by atoms with Crippen molar-refractivity contribution in [3.8, 4) is 0 Å². The quantitative estimate of drug-likeness (QED) is 0.634. The van der Waals surface area contributed by atoms with Crippen LogP contribution in [0.4, 0.5) is 0 Å². The Bertz CT molecular complexity index is 201. The normalized spacial score (nSPS) is 13.3. The minimum atomic E-state index is 0.318. The van der Waals surface area contributed by atoms with Crippen molar-refractivity contribution in [3.05, 3.63) is 25.1 Å². The molecule has 0 bridgehead atoms. The maximum Gasteiger partial charge on any atom is 0.0141 e. The smallest absolute Gasteiger partial charge is 0.0141 e. The Labute approximate surface area is 94.6 Å². The fraction of sp³-hybridized carbons (Fsp3) is 0.692. The van der Waals surface area contributed by atoms with E-state index in [0.29, 0.717) is 11.3 Å². The van der Waals surface area contributed by atoms with E-state index in [4.69, 9.17) is 5.73 Å². The van der Waals surface area contributed by atoms with Gasteiger partial charge in [0.25, 0.3) is 0 Å². The fourth-order valence-corrected chi connectivity index (χ4v) is 1.71. The highest BCUT2D eigenvalue weighted by Crippen LogP contribution is 2.29. The molecule has 0 amide bonds. The molecule has 2 nitrogen and oxygen atoms in total. The van der Waals surface area contributed by atoms with Gasteiger partial charge in [0.05, 0.1) is 0 Å². The third-order valence-electron chi connectivity index (χ3n) is 2.40. The molecule has 0 rings (SSSR count). The fourth-order valence-electron chi connectivity index (χ4n) is 1.71. The molecule has 1 unspecified atom stereocenters. The van der Waals surface area contributed by atoms with Crippen molar-refractivity contribution in [1.29, 1.82) is 0 Å². The van der Waals surface area contributed by atoms with Gasteiger partial charge in [0.2, 0.25) is 0 Å². The van der Waals surface area contributed by atoms with Gasteiger partial charge in [-0.25, -0.2) is 0 Å². The molecule has 0 heterocycles. The van der Waals surface area contributed by atoms with E-state index in [1.54, 1.807) is 6.20 Å². The van der Waals surface area contributed by atoms with Crippen molar-refractivity contribution in [3.63, 3.8) is 0 Å². The molecule has 0 aliphatic rings. The molecule has 0 saturated heterocycles. The Morgan fingerprint density at radius 2 is 2.07 bits per heavy atom. The summed E-state index contributed by atoms with van der Waals surface area (Å²) in [5, 5.41) is 3.10. The molecule has 0 aromatic rings. The van der Waals surface area contributed by atoms with Gasteiger partial charge in [-0.1, -0.05) is 33.9 Å². The van der Waals surface area contributed by atoms with E-state index in [-0.39, 0.29) is 0 Å². The monoisotopic (exact) mass is 210 g/mol. The summed E-state index contributed by atoms with van der Waals surface area (Å²) in [6, 6.07) is 0. The van der Waals surface area contributed by atoms with Gasteiger partial charge in [-0.15, -0.1) is 0 Å². The molecule has 0 aromatic heterocycles. The first kappa shape index (κ1) is 14.1. The first-order chi connectivity index (χ1) is 6.87. The van der Waals surface area contributed by atoms with Gasteiger partial charge in [0.15, 0.2) is 0 Å². The van der Waals surface area contributed by atoms with E-state index >= 15 is 0 Å². The number of nitrogens with one attached hydrogen (secondary N) is 1. The van der Waals surface area contributed by atoms with Crippen LogP contribution in [0.5, 0.6) is 0 Å². The molecular weight excluding hydrogens is 184 g/mol. The summed E-state index contributed by atoms with van der Waals surface area (Å²) in [6.45, 7) is 15.2. The molecule has 1 atom stereocenters. The van der Waals surface area contributed by atoms with E-state index in [2.05, 4.69) is 39.2 Å². The second kappa shape index (κ2) is 6.54. The van der Waals surface area contributed by atoms with Crippen LogP contribution in [0.25, 0.3) is 0 Å². The first-order valence-corrected chi connectivity index (χ1v) is 5.65. The van der Waals surface area contributed by atoms with Crippen molar-refractivity contribution >= 4 is 0 Å². The zero-order chi connectivity index (χ0) is 11.9. The summed E-state index contributed by atoms with van der Waals surface area (Å²) in [5.41, 5.74) is 6.96. The summed E-state index contributed by atoms with van der Waals surface area (Å²) < 4.78 is 0. The Hall–Kier alpha value is -0.920. The van der Waals surface area contributed by atoms with Crippen molar-refractivity contribution in [2.75, 3.05) is 6.54 Å². The lowest BCUT2D eigenvalue weighted by molar-refractivity contribution is 0.303. The molecule has 88 valence electrons. The zero-order valence-corrected chi connectivity index (χ0v) is 10.5. The molecule has 0 radical (unpaired) electrons. The molecule has 0 aliphatic heterocycles. The SMILES string of the molecule is C=CNCCCC(CC(C)(C)C)C(=C)N. The Kier molecular flexibility index (Phi) is 6.14. The van der Waals surface area contributed by atoms with E-state index < -0.39 is 0 Å². The summed E-state index contributed by atoms with van der Waals surface area (Å²) in [4.78, 5) is 0. The van der Waals surface area contributed by atoms with Gasteiger partial charge in [0.1, 0.15) is 0 Å². The first-order valence-electron chi connectivity index (χ1n) is 5.65. The van der Waals surface area contributed by atoms with Gasteiger partial charge < -0.3 is 11.1 Å². The molecule has 0 aromatic carbocycles. The van der Waals surface area contributed by atoms with Crippen LogP contribution in [0.15, 0.2) is 25.1 Å². The van der Waals surface area contributed by atoms with E-state index in [9.17, 15) is 0 Å². The van der Waals surface area contributed by atoms with Crippen LogP contribution < -0.4 is 11.1 Å². The van der Waals surface area contributed by atoms with E-state index in [0.717, 1.165) is 31.5 Å². The largest absolute Gasteiger partial charge is 0.402 e. The van der Waals surface area contributed by atoms with Crippen molar-refractivity contribution in [1.82, 2.24) is 5.32 Å². The molecule has 0 fully saturated rings. The number of nitrogens with two attached hydrogens (primary N) is 1. The van der Waals surface area contributed by atoms with Gasteiger partial charge in [0, 0.05) is 12.2 Å². The van der Waals surface area contributed by atoms with Gasteiger partial charge >= 0.3 is 0 Å². The lowest BCUT2D eigenvalue weighted by Gasteiger charge is -2.26. The second-order valence-corrected chi connectivity index (χ2v) is 5.34. The molecule has 0 spiro atoms. The number of allylic oxidation sites excluding steroid dienone is 1. The van der Waals surface area contributed by atoms with Crippen LogP contribution in [0.1, 0.15) is 40.0 Å².